The number of esters is 1. The van der Waals surface area contributed by atoms with Crippen LogP contribution < -0.4 is 15.8 Å². The molecule has 0 radical (unpaired) electrons. The number of ether oxygens (including phenoxy) is 1. The minimum atomic E-state index is -3.85. The molecule has 0 aliphatic heterocycles. The highest BCUT2D eigenvalue weighted by atomic mass is 32.2. The van der Waals surface area contributed by atoms with Crippen LogP contribution in [0.15, 0.2) is 47.2 Å². The van der Waals surface area contributed by atoms with Gasteiger partial charge in [-0.15, -0.1) is 11.3 Å². The maximum Gasteiger partial charge on any atom is 0.321 e. The van der Waals surface area contributed by atoms with Gasteiger partial charge >= 0.3 is 5.97 Å². The van der Waals surface area contributed by atoms with Crippen molar-refractivity contribution < 1.29 is 27.5 Å². The molecule has 9 nitrogen and oxygen atoms in total. The molecule has 2 rings (SSSR count). The molecule has 0 aliphatic rings. The number of anilines is 1. The van der Waals surface area contributed by atoms with E-state index in [1.165, 1.54) is 12.1 Å². The van der Waals surface area contributed by atoms with Crippen molar-refractivity contribution in [2.75, 3.05) is 18.5 Å². The monoisotopic (exact) mass is 423 g/mol. The van der Waals surface area contributed by atoms with E-state index in [1.807, 2.05) is 4.72 Å². The van der Waals surface area contributed by atoms with Crippen molar-refractivity contribution in [1.82, 2.24) is 4.72 Å². The number of hydrogen-bond acceptors (Lipinski definition) is 7. The summed E-state index contributed by atoms with van der Waals surface area (Å²) in [5, 5.41) is 5.12. The molecule has 2 amide bonds. The van der Waals surface area contributed by atoms with Gasteiger partial charge in [0.25, 0.3) is 11.8 Å². The maximum atomic E-state index is 11.8. The molecule has 11 heteroatoms. The molecule has 1 heterocycles. The van der Waals surface area contributed by atoms with Crippen molar-refractivity contribution in [3.63, 3.8) is 0 Å². The summed E-state index contributed by atoms with van der Waals surface area (Å²) in [5.41, 5.74) is 5.98. The van der Waals surface area contributed by atoms with Crippen LogP contribution in [0.5, 0.6) is 0 Å². The smallest absolute Gasteiger partial charge is 0.321 e. The van der Waals surface area contributed by atoms with E-state index in [-0.39, 0.29) is 10.6 Å². The van der Waals surface area contributed by atoms with Crippen LogP contribution in [0.25, 0.3) is 6.08 Å². The van der Waals surface area contributed by atoms with Gasteiger partial charge in [-0.05, 0) is 23.1 Å². The average molecular weight is 423 g/mol. The van der Waals surface area contributed by atoms with Crippen molar-refractivity contribution in [2.45, 2.75) is 0 Å². The Morgan fingerprint density at radius 2 is 1.86 bits per heavy atom. The highest BCUT2D eigenvalue weighted by Crippen LogP contribution is 2.22. The highest BCUT2D eigenvalue weighted by molar-refractivity contribution is 7.92. The summed E-state index contributed by atoms with van der Waals surface area (Å²) in [6, 6.07) is 10.2. The fourth-order valence-electron chi connectivity index (χ4n) is 1.90. The summed E-state index contributed by atoms with van der Waals surface area (Å²) in [4.78, 5) is 34.6. The van der Waals surface area contributed by atoms with Crippen LogP contribution in [-0.2, 0) is 24.3 Å². The number of rotatable bonds is 9. The number of nitrogens with two attached hydrogens (primary N) is 1. The molecule has 0 spiro atoms. The summed E-state index contributed by atoms with van der Waals surface area (Å²) in [6.07, 6.45) is 1.37. The lowest BCUT2D eigenvalue weighted by molar-refractivity contribution is -0.146. The van der Waals surface area contributed by atoms with E-state index < -0.39 is 41.0 Å². The van der Waals surface area contributed by atoms with E-state index in [0.717, 1.165) is 16.7 Å². The van der Waals surface area contributed by atoms with Crippen LogP contribution in [0.2, 0.25) is 0 Å². The van der Waals surface area contributed by atoms with E-state index in [0.29, 0.717) is 5.56 Å². The van der Waals surface area contributed by atoms with Gasteiger partial charge in [0.2, 0.25) is 10.0 Å². The third-order valence-electron chi connectivity index (χ3n) is 3.20. The molecule has 0 aliphatic carbocycles. The quantitative estimate of drug-likeness (QED) is 0.512. The van der Waals surface area contributed by atoms with Gasteiger partial charge in [0.1, 0.15) is 11.5 Å². The van der Waals surface area contributed by atoms with Gasteiger partial charge < -0.3 is 15.8 Å². The van der Waals surface area contributed by atoms with Crippen molar-refractivity contribution in [2.24, 2.45) is 5.73 Å². The first-order valence-corrected chi connectivity index (χ1v) is 10.2. The van der Waals surface area contributed by atoms with E-state index in [2.05, 4.69) is 5.32 Å². The zero-order valence-corrected chi connectivity index (χ0v) is 16.1. The third-order valence-corrected chi connectivity index (χ3v) is 5.08. The Morgan fingerprint density at radius 3 is 2.54 bits per heavy atom. The lowest BCUT2D eigenvalue weighted by Gasteiger charge is -2.06. The fourth-order valence-corrected chi connectivity index (χ4v) is 3.46. The first-order chi connectivity index (χ1) is 13.3. The molecule has 28 heavy (non-hydrogen) atoms. The van der Waals surface area contributed by atoms with Gasteiger partial charge in [0, 0.05) is 5.41 Å². The van der Waals surface area contributed by atoms with Crippen LogP contribution in [0.4, 0.5) is 5.00 Å². The number of carbonyl (C=O) groups is 3. The first kappa shape index (κ1) is 21.3. The van der Waals surface area contributed by atoms with E-state index >= 15 is 0 Å². The van der Waals surface area contributed by atoms with Gasteiger partial charge in [-0.2, -0.15) is 0 Å². The second-order valence-electron chi connectivity index (χ2n) is 5.32. The Kier molecular flexibility index (Phi) is 7.44. The van der Waals surface area contributed by atoms with Crippen LogP contribution in [0, 0.1) is 0 Å². The van der Waals surface area contributed by atoms with Gasteiger partial charge in [0.05, 0.1) is 5.56 Å². The van der Waals surface area contributed by atoms with Gasteiger partial charge in [-0.25, -0.2) is 13.1 Å². The SMILES string of the molecule is NC(=O)c1ccsc1NC(=O)COC(=O)CNS(=O)(=O)C=Cc1ccccc1. The molecule has 0 unspecified atom stereocenters. The minimum absolute atomic E-state index is 0.141. The molecule has 0 atom stereocenters. The normalized spacial score (nSPS) is 11.3. The minimum Gasteiger partial charge on any atom is -0.455 e. The summed E-state index contributed by atoms with van der Waals surface area (Å²) in [6.45, 7) is -1.28. The Labute approximate surface area is 165 Å². The molecule has 0 saturated carbocycles. The number of carbonyl (C=O) groups excluding carboxylic acids is 3. The molecule has 0 saturated heterocycles. The molecule has 1 aromatic carbocycles. The highest BCUT2D eigenvalue weighted by Gasteiger charge is 2.15. The topological polar surface area (TPSA) is 145 Å². The lowest BCUT2D eigenvalue weighted by Crippen LogP contribution is -2.31. The van der Waals surface area contributed by atoms with Crippen LogP contribution in [-0.4, -0.2) is 39.4 Å². The second kappa shape index (κ2) is 9.78. The standard InChI is InChI=1S/C17H17N3O6S2/c18-16(23)13-6-8-27-17(13)20-14(21)11-26-15(22)10-19-28(24,25)9-7-12-4-2-1-3-5-12/h1-9,19H,10-11H2,(H2,18,23)(H,20,21). The number of hydrogen-bond donors (Lipinski definition) is 3. The number of primary amides is 1. The number of nitrogens with one attached hydrogen (secondary N) is 2. The first-order valence-electron chi connectivity index (χ1n) is 7.82. The van der Waals surface area contributed by atoms with Crippen molar-refractivity contribution in [3.8, 4) is 0 Å². The van der Waals surface area contributed by atoms with Crippen LogP contribution in [0.1, 0.15) is 15.9 Å². The molecule has 148 valence electrons. The van der Waals surface area contributed by atoms with Crippen molar-refractivity contribution >= 4 is 50.2 Å². The Balaban J connectivity index is 1.77. The fraction of sp³-hybridized carbons (Fsp3) is 0.118. The van der Waals surface area contributed by atoms with Gasteiger partial charge in [0.15, 0.2) is 6.61 Å². The van der Waals surface area contributed by atoms with Gasteiger partial charge in [-0.1, -0.05) is 30.3 Å². The number of sulfonamides is 1. The maximum absolute atomic E-state index is 11.8. The third kappa shape index (κ3) is 6.95. The predicted octanol–water partition coefficient (Wildman–Crippen LogP) is 0.919. The van der Waals surface area contributed by atoms with Crippen molar-refractivity contribution in [1.29, 1.82) is 0 Å². The summed E-state index contributed by atoms with van der Waals surface area (Å²) >= 11 is 1.09. The van der Waals surface area contributed by atoms with Crippen LogP contribution >= 0.6 is 11.3 Å². The number of thiophene rings is 1. The summed E-state index contributed by atoms with van der Waals surface area (Å²) in [5.74, 6) is -2.33. The zero-order chi connectivity index (χ0) is 20.6. The van der Waals surface area contributed by atoms with Crippen molar-refractivity contribution in [3.05, 3.63) is 58.3 Å². The Bertz CT molecular complexity index is 983. The second-order valence-corrected chi connectivity index (χ2v) is 7.88. The molecular weight excluding hydrogens is 406 g/mol. The van der Waals surface area contributed by atoms with Gasteiger partial charge in [-0.3, -0.25) is 14.4 Å². The summed E-state index contributed by atoms with van der Waals surface area (Å²) in [7, 11) is -3.85. The summed E-state index contributed by atoms with van der Waals surface area (Å²) < 4.78 is 30.4. The predicted molar refractivity (Wildman–Crippen MR) is 105 cm³/mol. The molecular formula is C17H17N3O6S2. The van der Waals surface area contributed by atoms with E-state index in [9.17, 15) is 22.8 Å². The Hall–Kier alpha value is -3.02. The average Bonchev–Trinajstić information content (AvgIpc) is 3.12. The van der Waals surface area contributed by atoms with E-state index in [4.69, 9.17) is 10.5 Å². The van der Waals surface area contributed by atoms with Crippen LogP contribution in [0.3, 0.4) is 0 Å². The molecule has 1 aromatic heterocycles. The molecule has 4 N–H and O–H groups in total. The largest absolute Gasteiger partial charge is 0.455 e. The number of benzene rings is 1. The molecule has 0 fully saturated rings. The molecule has 2 aromatic rings. The van der Waals surface area contributed by atoms with E-state index in [1.54, 1.807) is 35.7 Å². The Morgan fingerprint density at radius 1 is 1.14 bits per heavy atom. The lowest BCUT2D eigenvalue weighted by atomic mass is 10.2. The number of amides is 2. The zero-order valence-electron chi connectivity index (χ0n) is 14.5. The molecule has 0 bridgehead atoms.